The molecule has 0 bridgehead atoms. The number of benzene rings is 1. The predicted molar refractivity (Wildman–Crippen MR) is 91.4 cm³/mol. The summed E-state index contributed by atoms with van der Waals surface area (Å²) in [5.41, 5.74) is 9.14. The van der Waals surface area contributed by atoms with Gasteiger partial charge in [0.05, 0.1) is 16.9 Å². The molecule has 1 aliphatic carbocycles. The van der Waals surface area contributed by atoms with Gasteiger partial charge >= 0.3 is 0 Å². The summed E-state index contributed by atoms with van der Waals surface area (Å²) in [6, 6.07) is 7.50. The van der Waals surface area contributed by atoms with E-state index in [2.05, 4.69) is 10.3 Å². The van der Waals surface area contributed by atoms with Crippen molar-refractivity contribution in [1.29, 1.82) is 0 Å². The molecule has 1 saturated carbocycles. The second kappa shape index (κ2) is 7.57. The molecule has 0 spiro atoms. The van der Waals surface area contributed by atoms with Crippen molar-refractivity contribution in [1.82, 2.24) is 4.98 Å². The lowest BCUT2D eigenvalue weighted by atomic mass is 9.95. The van der Waals surface area contributed by atoms with E-state index in [1.54, 1.807) is 5.51 Å². The fourth-order valence-corrected chi connectivity index (χ4v) is 3.59. The summed E-state index contributed by atoms with van der Waals surface area (Å²) in [6.45, 7) is 0.964. The molecule has 1 aliphatic rings. The number of carbonyl (C=O) groups excluding carboxylic acids is 1. The monoisotopic (exact) mass is 331 g/mol. The number of anilines is 1. The Hall–Kier alpha value is -1.92. The van der Waals surface area contributed by atoms with E-state index in [-0.39, 0.29) is 17.7 Å². The molecular weight excluding hydrogens is 310 g/mol. The highest BCUT2D eigenvalue weighted by molar-refractivity contribution is 7.07. The highest BCUT2D eigenvalue weighted by Crippen LogP contribution is 2.33. The van der Waals surface area contributed by atoms with Gasteiger partial charge in [-0.1, -0.05) is 18.6 Å². The molecule has 3 N–H and O–H groups in total. The number of nitrogens with two attached hydrogens (primary N) is 1. The summed E-state index contributed by atoms with van der Waals surface area (Å²) >= 11 is 1.54. The minimum absolute atomic E-state index is 0.00611. The van der Waals surface area contributed by atoms with Gasteiger partial charge in [-0.05, 0) is 37.4 Å². The third-order valence-corrected chi connectivity index (χ3v) is 4.94. The van der Waals surface area contributed by atoms with Gasteiger partial charge in [0.15, 0.2) is 0 Å². The van der Waals surface area contributed by atoms with E-state index in [9.17, 15) is 4.79 Å². The Morgan fingerprint density at radius 3 is 3.04 bits per heavy atom. The minimum Gasteiger partial charge on any atom is -0.485 e. The van der Waals surface area contributed by atoms with Crippen LogP contribution in [0.15, 0.2) is 35.2 Å². The minimum atomic E-state index is 0.00611. The van der Waals surface area contributed by atoms with Crippen molar-refractivity contribution in [2.45, 2.75) is 25.9 Å². The van der Waals surface area contributed by atoms with Crippen LogP contribution in [0.5, 0.6) is 5.75 Å². The van der Waals surface area contributed by atoms with Crippen LogP contribution in [0.4, 0.5) is 5.69 Å². The first-order chi connectivity index (χ1) is 11.3. The van der Waals surface area contributed by atoms with Gasteiger partial charge in [-0.2, -0.15) is 0 Å². The van der Waals surface area contributed by atoms with Gasteiger partial charge < -0.3 is 15.8 Å². The quantitative estimate of drug-likeness (QED) is 0.853. The van der Waals surface area contributed by atoms with E-state index >= 15 is 0 Å². The maximum atomic E-state index is 12.5. The number of rotatable bonds is 6. The van der Waals surface area contributed by atoms with Crippen LogP contribution in [0.1, 0.15) is 25.0 Å². The Morgan fingerprint density at radius 2 is 2.26 bits per heavy atom. The summed E-state index contributed by atoms with van der Waals surface area (Å²) in [7, 11) is 0. The lowest BCUT2D eigenvalue weighted by Gasteiger charge is -2.18. The van der Waals surface area contributed by atoms with Crippen molar-refractivity contribution in [2.75, 3.05) is 11.9 Å². The number of nitrogens with zero attached hydrogens (tertiary/aromatic N) is 1. The van der Waals surface area contributed by atoms with Crippen LogP contribution < -0.4 is 15.8 Å². The molecule has 1 aromatic heterocycles. The Kier molecular flexibility index (Phi) is 5.25. The summed E-state index contributed by atoms with van der Waals surface area (Å²) < 4.78 is 5.80. The second-order valence-corrected chi connectivity index (χ2v) is 6.51. The molecule has 2 aromatic rings. The largest absolute Gasteiger partial charge is 0.485 e. The number of aromatic nitrogens is 1. The number of hydrogen-bond acceptors (Lipinski definition) is 5. The molecule has 2 atom stereocenters. The molecular formula is C17H21N3O2S. The van der Waals surface area contributed by atoms with Gasteiger partial charge in [0.2, 0.25) is 5.91 Å². The molecule has 1 heterocycles. The van der Waals surface area contributed by atoms with Crippen molar-refractivity contribution >= 4 is 22.9 Å². The van der Waals surface area contributed by atoms with Gasteiger partial charge in [0, 0.05) is 11.3 Å². The van der Waals surface area contributed by atoms with Crippen LogP contribution in [-0.4, -0.2) is 17.4 Å². The van der Waals surface area contributed by atoms with Gasteiger partial charge in [-0.15, -0.1) is 11.3 Å². The van der Waals surface area contributed by atoms with Crippen LogP contribution in [0.2, 0.25) is 0 Å². The first kappa shape index (κ1) is 16.0. The molecule has 0 radical (unpaired) electrons. The Morgan fingerprint density at radius 1 is 1.39 bits per heavy atom. The maximum Gasteiger partial charge on any atom is 0.227 e. The van der Waals surface area contributed by atoms with Crippen molar-refractivity contribution in [2.24, 2.45) is 17.6 Å². The van der Waals surface area contributed by atoms with Crippen molar-refractivity contribution in [3.8, 4) is 5.75 Å². The fourth-order valence-electron chi connectivity index (χ4n) is 3.05. The molecule has 23 heavy (non-hydrogen) atoms. The highest BCUT2D eigenvalue weighted by Gasteiger charge is 2.32. The molecule has 122 valence electrons. The van der Waals surface area contributed by atoms with Crippen LogP contribution in [-0.2, 0) is 11.4 Å². The third kappa shape index (κ3) is 3.89. The van der Waals surface area contributed by atoms with E-state index in [1.807, 2.05) is 29.6 Å². The SMILES string of the molecule is NC[C@H]1CCC[C@H]1C(=O)Nc1ccccc1OCc1cscn1. The number of thiazole rings is 1. The summed E-state index contributed by atoms with van der Waals surface area (Å²) in [6.07, 6.45) is 3.02. The topological polar surface area (TPSA) is 77.2 Å². The highest BCUT2D eigenvalue weighted by atomic mass is 32.1. The molecule has 0 unspecified atom stereocenters. The first-order valence-electron chi connectivity index (χ1n) is 7.87. The Labute approximate surface area is 139 Å². The average Bonchev–Trinajstić information content (AvgIpc) is 3.25. The zero-order chi connectivity index (χ0) is 16.1. The molecule has 3 rings (SSSR count). The predicted octanol–water partition coefficient (Wildman–Crippen LogP) is 3.04. The lowest BCUT2D eigenvalue weighted by Crippen LogP contribution is -2.29. The molecule has 5 nitrogen and oxygen atoms in total. The normalized spacial score (nSPS) is 20.4. The molecule has 6 heteroatoms. The molecule has 1 amide bonds. The fraction of sp³-hybridized carbons (Fsp3) is 0.412. The number of hydrogen-bond donors (Lipinski definition) is 2. The van der Waals surface area contributed by atoms with Crippen LogP contribution in [0.25, 0.3) is 0 Å². The summed E-state index contributed by atoms with van der Waals surface area (Å²) in [5, 5.41) is 4.96. The van der Waals surface area contributed by atoms with E-state index in [4.69, 9.17) is 10.5 Å². The van der Waals surface area contributed by atoms with E-state index in [0.29, 0.717) is 24.6 Å². The van der Waals surface area contributed by atoms with Gasteiger partial charge in [0.25, 0.3) is 0 Å². The molecule has 0 aliphatic heterocycles. The van der Waals surface area contributed by atoms with E-state index in [0.717, 1.165) is 25.0 Å². The number of amides is 1. The van der Waals surface area contributed by atoms with Crippen molar-refractivity contribution < 1.29 is 9.53 Å². The molecule has 1 fully saturated rings. The number of nitrogens with one attached hydrogen (secondary N) is 1. The first-order valence-corrected chi connectivity index (χ1v) is 8.82. The number of carbonyl (C=O) groups is 1. The number of para-hydroxylation sites is 2. The van der Waals surface area contributed by atoms with Crippen LogP contribution in [0.3, 0.4) is 0 Å². The molecule has 1 aromatic carbocycles. The smallest absolute Gasteiger partial charge is 0.227 e. The summed E-state index contributed by atoms with van der Waals surface area (Å²) in [4.78, 5) is 16.7. The van der Waals surface area contributed by atoms with E-state index in [1.165, 1.54) is 11.3 Å². The van der Waals surface area contributed by atoms with Crippen LogP contribution in [0, 0.1) is 11.8 Å². The van der Waals surface area contributed by atoms with Gasteiger partial charge in [0.1, 0.15) is 12.4 Å². The standard InChI is InChI=1S/C17H21N3O2S/c18-8-12-4-3-5-14(12)17(21)20-15-6-1-2-7-16(15)22-9-13-10-23-11-19-13/h1-2,6-7,10-12,14H,3-5,8-9,18H2,(H,20,21)/t12-,14-/m1/s1. The lowest BCUT2D eigenvalue weighted by molar-refractivity contribution is -0.120. The van der Waals surface area contributed by atoms with Crippen LogP contribution >= 0.6 is 11.3 Å². The average molecular weight is 331 g/mol. The van der Waals surface area contributed by atoms with Crippen molar-refractivity contribution in [3.05, 3.63) is 40.8 Å². The van der Waals surface area contributed by atoms with E-state index < -0.39 is 0 Å². The molecule has 0 saturated heterocycles. The Bertz CT molecular complexity index is 645. The van der Waals surface area contributed by atoms with Gasteiger partial charge in [-0.25, -0.2) is 4.98 Å². The van der Waals surface area contributed by atoms with Crippen molar-refractivity contribution in [3.63, 3.8) is 0 Å². The number of ether oxygens (including phenoxy) is 1. The zero-order valence-electron chi connectivity index (χ0n) is 12.9. The Balaban J connectivity index is 1.66. The maximum absolute atomic E-state index is 12.5. The van der Waals surface area contributed by atoms with Gasteiger partial charge in [-0.3, -0.25) is 4.79 Å². The second-order valence-electron chi connectivity index (χ2n) is 5.79. The third-order valence-electron chi connectivity index (χ3n) is 4.30. The zero-order valence-corrected chi connectivity index (χ0v) is 13.7. The summed E-state index contributed by atoms with van der Waals surface area (Å²) in [5.74, 6) is 1.00.